The Morgan fingerprint density at radius 3 is 2.44 bits per heavy atom. The first-order valence-corrected chi connectivity index (χ1v) is 6.66. The van der Waals surface area contributed by atoms with Crippen LogP contribution < -0.4 is 0 Å². The van der Waals surface area contributed by atoms with Crippen molar-refractivity contribution in [3.05, 3.63) is 31.1 Å². The molecular weight excluding hydrogens is 224 g/mol. The van der Waals surface area contributed by atoms with E-state index in [0.29, 0.717) is 6.42 Å². The summed E-state index contributed by atoms with van der Waals surface area (Å²) in [6.07, 6.45) is 5.26. The highest BCUT2D eigenvalue weighted by atomic mass is 32.2. The molecule has 0 bridgehead atoms. The second kappa shape index (κ2) is 5.21. The second-order valence-corrected chi connectivity index (χ2v) is 5.98. The molecule has 4 nitrogen and oxygen atoms in total. The standard InChI is InChI=1S/C11H16N2O2S/c1-4-6-9(2)10(3)16(14,15)11-12-7-5-8-13-11/h4-5,7-10H,1,6H2,2-3H3. The molecule has 16 heavy (non-hydrogen) atoms. The highest BCUT2D eigenvalue weighted by Crippen LogP contribution is 2.20. The summed E-state index contributed by atoms with van der Waals surface area (Å²) in [7, 11) is -3.43. The second-order valence-electron chi connectivity index (χ2n) is 3.78. The van der Waals surface area contributed by atoms with Crippen LogP contribution in [-0.4, -0.2) is 23.6 Å². The van der Waals surface area contributed by atoms with Gasteiger partial charge in [-0.2, -0.15) is 0 Å². The van der Waals surface area contributed by atoms with Gasteiger partial charge in [0.05, 0.1) is 5.25 Å². The number of sulfone groups is 1. The number of hydrogen-bond donors (Lipinski definition) is 0. The summed E-state index contributed by atoms with van der Waals surface area (Å²) in [6, 6.07) is 1.59. The summed E-state index contributed by atoms with van der Waals surface area (Å²) in [5.41, 5.74) is 0. The summed E-state index contributed by atoms with van der Waals surface area (Å²) >= 11 is 0. The lowest BCUT2D eigenvalue weighted by Crippen LogP contribution is -2.26. The van der Waals surface area contributed by atoms with E-state index < -0.39 is 15.1 Å². The van der Waals surface area contributed by atoms with Gasteiger partial charge in [0.1, 0.15) is 0 Å². The van der Waals surface area contributed by atoms with Gasteiger partial charge < -0.3 is 0 Å². The molecule has 0 aliphatic heterocycles. The zero-order chi connectivity index (χ0) is 12.2. The first-order chi connectivity index (χ1) is 7.50. The molecule has 0 radical (unpaired) electrons. The minimum Gasteiger partial charge on any atom is -0.227 e. The van der Waals surface area contributed by atoms with Crippen LogP contribution in [0.5, 0.6) is 0 Å². The van der Waals surface area contributed by atoms with Gasteiger partial charge in [-0.3, -0.25) is 0 Å². The first-order valence-electron chi connectivity index (χ1n) is 5.12. The van der Waals surface area contributed by atoms with Crippen LogP contribution in [0.4, 0.5) is 0 Å². The molecule has 88 valence electrons. The van der Waals surface area contributed by atoms with E-state index in [1.165, 1.54) is 12.4 Å². The van der Waals surface area contributed by atoms with Gasteiger partial charge in [0.15, 0.2) is 0 Å². The maximum atomic E-state index is 12.1. The van der Waals surface area contributed by atoms with Gasteiger partial charge in [-0.15, -0.1) is 6.58 Å². The van der Waals surface area contributed by atoms with E-state index in [9.17, 15) is 8.42 Å². The molecule has 0 aliphatic rings. The summed E-state index contributed by atoms with van der Waals surface area (Å²) in [6.45, 7) is 7.17. The van der Waals surface area contributed by atoms with Crippen molar-refractivity contribution in [2.24, 2.45) is 5.92 Å². The molecule has 0 fully saturated rings. The average Bonchev–Trinajstić information content (AvgIpc) is 2.29. The van der Waals surface area contributed by atoms with E-state index in [4.69, 9.17) is 0 Å². The van der Waals surface area contributed by atoms with E-state index in [1.807, 2.05) is 6.92 Å². The van der Waals surface area contributed by atoms with E-state index in [0.717, 1.165) is 0 Å². The molecule has 0 spiro atoms. The largest absolute Gasteiger partial charge is 0.247 e. The molecule has 2 unspecified atom stereocenters. The first kappa shape index (κ1) is 12.8. The van der Waals surface area contributed by atoms with Crippen molar-refractivity contribution >= 4 is 9.84 Å². The van der Waals surface area contributed by atoms with Gasteiger partial charge in [-0.25, -0.2) is 18.4 Å². The topological polar surface area (TPSA) is 59.9 Å². The Morgan fingerprint density at radius 1 is 1.38 bits per heavy atom. The van der Waals surface area contributed by atoms with Crippen LogP contribution in [0.3, 0.4) is 0 Å². The van der Waals surface area contributed by atoms with E-state index in [1.54, 1.807) is 19.1 Å². The van der Waals surface area contributed by atoms with Crippen molar-refractivity contribution in [3.8, 4) is 0 Å². The number of hydrogen-bond acceptors (Lipinski definition) is 4. The minimum absolute atomic E-state index is 0.00584. The Hall–Kier alpha value is -1.23. The van der Waals surface area contributed by atoms with Crippen molar-refractivity contribution in [1.29, 1.82) is 0 Å². The number of aromatic nitrogens is 2. The molecule has 0 amide bonds. The number of nitrogens with zero attached hydrogens (tertiary/aromatic N) is 2. The third-order valence-electron chi connectivity index (χ3n) is 2.63. The highest BCUT2D eigenvalue weighted by molar-refractivity contribution is 7.91. The zero-order valence-electron chi connectivity index (χ0n) is 9.50. The molecule has 0 aliphatic carbocycles. The zero-order valence-corrected chi connectivity index (χ0v) is 10.3. The summed E-state index contributed by atoms with van der Waals surface area (Å²) in [4.78, 5) is 7.58. The van der Waals surface area contributed by atoms with E-state index in [-0.39, 0.29) is 11.1 Å². The van der Waals surface area contributed by atoms with Crippen LogP contribution >= 0.6 is 0 Å². The molecule has 0 N–H and O–H groups in total. The quantitative estimate of drug-likeness (QED) is 0.582. The van der Waals surface area contributed by atoms with Gasteiger partial charge in [-0.05, 0) is 25.3 Å². The van der Waals surface area contributed by atoms with Crippen molar-refractivity contribution in [1.82, 2.24) is 9.97 Å². The van der Waals surface area contributed by atoms with Crippen LogP contribution in [0.15, 0.2) is 36.3 Å². The van der Waals surface area contributed by atoms with E-state index >= 15 is 0 Å². The van der Waals surface area contributed by atoms with Crippen molar-refractivity contribution < 1.29 is 8.42 Å². The summed E-state index contributed by atoms with van der Waals surface area (Å²) in [5, 5.41) is -0.605. The molecule has 1 aromatic heterocycles. The summed E-state index contributed by atoms with van der Waals surface area (Å²) in [5.74, 6) is 0.00584. The predicted molar refractivity (Wildman–Crippen MR) is 62.7 cm³/mol. The van der Waals surface area contributed by atoms with Crippen molar-refractivity contribution in [2.45, 2.75) is 30.7 Å². The Morgan fingerprint density at radius 2 is 1.94 bits per heavy atom. The fourth-order valence-corrected chi connectivity index (χ4v) is 2.83. The monoisotopic (exact) mass is 240 g/mol. The highest BCUT2D eigenvalue weighted by Gasteiger charge is 2.29. The van der Waals surface area contributed by atoms with Gasteiger partial charge in [-0.1, -0.05) is 13.0 Å². The third kappa shape index (κ3) is 2.66. The molecule has 1 heterocycles. The Bertz CT molecular complexity index is 442. The van der Waals surface area contributed by atoms with Crippen LogP contribution in [0.2, 0.25) is 0 Å². The molecule has 0 aromatic carbocycles. The van der Waals surface area contributed by atoms with E-state index in [2.05, 4.69) is 16.5 Å². The van der Waals surface area contributed by atoms with Gasteiger partial charge >= 0.3 is 0 Å². The molecule has 1 rings (SSSR count). The normalized spacial score (nSPS) is 15.4. The molecule has 0 saturated heterocycles. The van der Waals surface area contributed by atoms with Gasteiger partial charge in [0.25, 0.3) is 0 Å². The fraction of sp³-hybridized carbons (Fsp3) is 0.455. The smallest absolute Gasteiger partial charge is 0.227 e. The van der Waals surface area contributed by atoms with Crippen LogP contribution in [0.25, 0.3) is 0 Å². The molecular formula is C11H16N2O2S. The molecule has 0 saturated carbocycles. The number of rotatable bonds is 5. The lowest BCUT2D eigenvalue weighted by atomic mass is 10.1. The maximum absolute atomic E-state index is 12.1. The molecule has 1 aromatic rings. The molecule has 5 heteroatoms. The fourth-order valence-electron chi connectivity index (χ4n) is 1.36. The van der Waals surface area contributed by atoms with Crippen LogP contribution in [-0.2, 0) is 9.84 Å². The minimum atomic E-state index is -3.43. The van der Waals surface area contributed by atoms with Crippen molar-refractivity contribution in [3.63, 3.8) is 0 Å². The van der Waals surface area contributed by atoms with Crippen molar-refractivity contribution in [2.75, 3.05) is 0 Å². The van der Waals surface area contributed by atoms with Gasteiger partial charge in [0, 0.05) is 12.4 Å². The Balaban J connectivity index is 2.99. The Kier molecular flexibility index (Phi) is 4.18. The SMILES string of the molecule is C=CCC(C)C(C)S(=O)(=O)c1ncccn1. The lowest BCUT2D eigenvalue weighted by Gasteiger charge is -2.17. The maximum Gasteiger partial charge on any atom is 0.247 e. The average molecular weight is 240 g/mol. The van der Waals surface area contributed by atoms with Crippen LogP contribution in [0, 0.1) is 5.92 Å². The predicted octanol–water partition coefficient (Wildman–Crippen LogP) is 1.85. The van der Waals surface area contributed by atoms with Gasteiger partial charge in [0.2, 0.25) is 15.0 Å². The Labute approximate surface area is 96.4 Å². The van der Waals surface area contributed by atoms with Crippen LogP contribution in [0.1, 0.15) is 20.3 Å². The summed E-state index contributed by atoms with van der Waals surface area (Å²) < 4.78 is 24.2. The third-order valence-corrected chi connectivity index (χ3v) is 4.79. The number of allylic oxidation sites excluding steroid dienone is 1. The lowest BCUT2D eigenvalue weighted by molar-refractivity contribution is 0.519. The molecule has 2 atom stereocenters.